The largest absolute Gasteiger partial charge is 0.342 e. The number of likely N-dealkylation sites (N-methyl/N-ethyl adjacent to an activating group) is 2. The molecule has 0 radical (unpaired) electrons. The molecule has 2 saturated heterocycles. The molecule has 0 aliphatic carbocycles. The summed E-state index contributed by atoms with van der Waals surface area (Å²) in [7, 11) is 2.15. The topological polar surface area (TPSA) is 65.7 Å². The number of carbonyl (C=O) groups is 1. The van der Waals surface area contributed by atoms with Gasteiger partial charge in [-0.15, -0.1) is 0 Å². The molecule has 0 spiro atoms. The Labute approximate surface area is 131 Å². The average molecular weight is 307 g/mol. The van der Waals surface area contributed by atoms with E-state index in [1.54, 1.807) is 0 Å². The number of hydrogen-bond donors (Lipinski definition) is 0. The van der Waals surface area contributed by atoms with Crippen LogP contribution in [0.4, 0.5) is 0 Å². The van der Waals surface area contributed by atoms with Crippen LogP contribution in [0.5, 0.6) is 0 Å². The Kier molecular flexibility index (Phi) is 4.73. The summed E-state index contributed by atoms with van der Waals surface area (Å²) in [5.41, 5.74) is 0. The number of carbonyl (C=O) groups excluding carboxylic acids is 1. The summed E-state index contributed by atoms with van der Waals surface area (Å²) in [4.78, 5) is 22.9. The van der Waals surface area contributed by atoms with E-state index < -0.39 is 0 Å². The summed E-state index contributed by atoms with van der Waals surface area (Å²) in [5, 5.41) is 4.13. The number of hydrogen-bond acceptors (Lipinski definition) is 6. The Hall–Kier alpha value is -1.47. The van der Waals surface area contributed by atoms with Crippen LogP contribution in [0.2, 0.25) is 0 Å². The van der Waals surface area contributed by atoms with Gasteiger partial charge in [-0.25, -0.2) is 0 Å². The van der Waals surface area contributed by atoms with E-state index in [1.165, 1.54) is 0 Å². The van der Waals surface area contributed by atoms with Crippen LogP contribution in [0.15, 0.2) is 4.52 Å². The van der Waals surface area contributed by atoms with Crippen LogP contribution in [0, 0.1) is 0 Å². The first kappa shape index (κ1) is 15.4. The highest BCUT2D eigenvalue weighted by atomic mass is 16.5. The first-order chi connectivity index (χ1) is 10.7. The third-order valence-electron chi connectivity index (χ3n) is 4.68. The molecule has 3 rings (SSSR count). The molecular formula is C15H25N5O2. The zero-order valence-corrected chi connectivity index (χ0v) is 13.5. The van der Waals surface area contributed by atoms with Crippen LogP contribution >= 0.6 is 0 Å². The van der Waals surface area contributed by atoms with Crippen molar-refractivity contribution >= 4 is 5.91 Å². The zero-order valence-electron chi connectivity index (χ0n) is 13.5. The predicted octanol–water partition coefficient (Wildman–Crippen LogP) is 0.543. The normalized spacial score (nSPS) is 24.9. The fraction of sp³-hybridized carbons (Fsp3) is 0.800. The Morgan fingerprint density at radius 1 is 1.27 bits per heavy atom. The van der Waals surface area contributed by atoms with Crippen molar-refractivity contribution in [1.82, 2.24) is 24.8 Å². The summed E-state index contributed by atoms with van der Waals surface area (Å²) in [5.74, 6) is 1.87. The van der Waals surface area contributed by atoms with Crippen molar-refractivity contribution < 1.29 is 9.32 Å². The van der Waals surface area contributed by atoms with Gasteiger partial charge in [0.25, 0.3) is 0 Å². The summed E-state index contributed by atoms with van der Waals surface area (Å²) in [6.07, 6.45) is 1.39. The summed E-state index contributed by atoms with van der Waals surface area (Å²) in [6.45, 7) is 8.46. The van der Waals surface area contributed by atoms with Crippen molar-refractivity contribution in [3.05, 3.63) is 11.7 Å². The van der Waals surface area contributed by atoms with E-state index in [4.69, 9.17) is 4.52 Å². The molecule has 3 heterocycles. The SMILES string of the molecule is CCN1CC(c2nc(CN3CCN(C)CC3)no2)CCC1=O. The van der Waals surface area contributed by atoms with Crippen LogP contribution in [0.25, 0.3) is 0 Å². The fourth-order valence-corrected chi connectivity index (χ4v) is 3.13. The molecule has 22 heavy (non-hydrogen) atoms. The Morgan fingerprint density at radius 3 is 2.77 bits per heavy atom. The van der Waals surface area contributed by atoms with Crippen LogP contribution in [-0.4, -0.2) is 77.1 Å². The van der Waals surface area contributed by atoms with Gasteiger partial charge < -0.3 is 14.3 Å². The maximum Gasteiger partial charge on any atom is 0.231 e. The van der Waals surface area contributed by atoms with Crippen LogP contribution < -0.4 is 0 Å². The molecule has 1 unspecified atom stereocenters. The van der Waals surface area contributed by atoms with Gasteiger partial charge in [0.1, 0.15) is 0 Å². The van der Waals surface area contributed by atoms with E-state index in [2.05, 4.69) is 27.0 Å². The van der Waals surface area contributed by atoms with Crippen LogP contribution in [-0.2, 0) is 11.3 Å². The third kappa shape index (κ3) is 3.47. The number of rotatable bonds is 4. The van der Waals surface area contributed by atoms with Gasteiger partial charge in [0.15, 0.2) is 5.82 Å². The minimum atomic E-state index is 0.186. The van der Waals surface area contributed by atoms with Crippen LogP contribution in [0.3, 0.4) is 0 Å². The van der Waals surface area contributed by atoms with Gasteiger partial charge in [-0.3, -0.25) is 9.69 Å². The molecule has 7 heteroatoms. The molecule has 0 saturated carbocycles. The summed E-state index contributed by atoms with van der Waals surface area (Å²) in [6, 6.07) is 0. The number of aromatic nitrogens is 2. The third-order valence-corrected chi connectivity index (χ3v) is 4.68. The molecule has 0 bridgehead atoms. The minimum Gasteiger partial charge on any atom is -0.342 e. The van der Waals surface area contributed by atoms with Gasteiger partial charge in [-0.05, 0) is 20.4 Å². The van der Waals surface area contributed by atoms with E-state index in [-0.39, 0.29) is 11.8 Å². The predicted molar refractivity (Wildman–Crippen MR) is 81.3 cm³/mol. The number of likely N-dealkylation sites (tertiary alicyclic amines) is 1. The van der Waals surface area contributed by atoms with Gasteiger partial charge in [-0.1, -0.05) is 5.16 Å². The molecule has 1 aromatic rings. The molecule has 0 N–H and O–H groups in total. The molecule has 2 fully saturated rings. The van der Waals surface area contributed by atoms with E-state index in [0.29, 0.717) is 18.9 Å². The first-order valence-corrected chi connectivity index (χ1v) is 8.17. The molecule has 0 aromatic carbocycles. The lowest BCUT2D eigenvalue weighted by molar-refractivity contribution is -0.133. The Balaban J connectivity index is 1.58. The highest BCUT2D eigenvalue weighted by Crippen LogP contribution is 2.26. The van der Waals surface area contributed by atoms with Crippen LogP contribution in [0.1, 0.15) is 37.4 Å². The maximum atomic E-state index is 11.7. The van der Waals surface area contributed by atoms with Crippen molar-refractivity contribution in [1.29, 1.82) is 0 Å². The number of nitrogens with zero attached hydrogens (tertiary/aromatic N) is 5. The standard InChI is InChI=1S/C15H25N5O2/c1-3-20-10-12(4-5-14(20)21)15-16-13(17-22-15)11-19-8-6-18(2)7-9-19/h12H,3-11H2,1-2H3. The summed E-state index contributed by atoms with van der Waals surface area (Å²) < 4.78 is 5.46. The fourth-order valence-electron chi connectivity index (χ4n) is 3.13. The quantitative estimate of drug-likeness (QED) is 0.809. The lowest BCUT2D eigenvalue weighted by Crippen LogP contribution is -2.44. The van der Waals surface area contributed by atoms with Crippen molar-refractivity contribution in [2.75, 3.05) is 46.3 Å². The van der Waals surface area contributed by atoms with Gasteiger partial charge in [-0.2, -0.15) is 4.98 Å². The molecule has 2 aliphatic heterocycles. The van der Waals surface area contributed by atoms with Crippen molar-refractivity contribution in [2.24, 2.45) is 0 Å². The Morgan fingerprint density at radius 2 is 2.05 bits per heavy atom. The molecular weight excluding hydrogens is 282 g/mol. The second-order valence-corrected chi connectivity index (χ2v) is 6.30. The highest BCUT2D eigenvalue weighted by Gasteiger charge is 2.29. The highest BCUT2D eigenvalue weighted by molar-refractivity contribution is 5.77. The van der Waals surface area contributed by atoms with E-state index in [1.807, 2.05) is 11.8 Å². The zero-order chi connectivity index (χ0) is 15.5. The second-order valence-electron chi connectivity index (χ2n) is 6.30. The minimum absolute atomic E-state index is 0.186. The second kappa shape index (κ2) is 6.75. The maximum absolute atomic E-state index is 11.7. The molecule has 1 aromatic heterocycles. The number of piperazine rings is 1. The van der Waals surface area contributed by atoms with E-state index in [0.717, 1.165) is 51.5 Å². The number of amides is 1. The lowest BCUT2D eigenvalue weighted by atomic mass is 9.97. The van der Waals surface area contributed by atoms with Gasteiger partial charge in [0, 0.05) is 45.7 Å². The lowest BCUT2D eigenvalue weighted by Gasteiger charge is -2.31. The van der Waals surface area contributed by atoms with Crippen molar-refractivity contribution in [2.45, 2.75) is 32.2 Å². The summed E-state index contributed by atoms with van der Waals surface area (Å²) >= 11 is 0. The molecule has 2 aliphatic rings. The van der Waals surface area contributed by atoms with Crippen molar-refractivity contribution in [3.63, 3.8) is 0 Å². The van der Waals surface area contributed by atoms with Gasteiger partial charge in [0.05, 0.1) is 12.5 Å². The average Bonchev–Trinajstić information content (AvgIpc) is 2.98. The van der Waals surface area contributed by atoms with Crippen molar-refractivity contribution in [3.8, 4) is 0 Å². The molecule has 122 valence electrons. The first-order valence-electron chi connectivity index (χ1n) is 8.17. The molecule has 7 nitrogen and oxygen atoms in total. The molecule has 1 amide bonds. The smallest absolute Gasteiger partial charge is 0.231 e. The van der Waals surface area contributed by atoms with E-state index >= 15 is 0 Å². The number of piperidine rings is 1. The van der Waals surface area contributed by atoms with Gasteiger partial charge >= 0.3 is 0 Å². The monoisotopic (exact) mass is 307 g/mol. The Bertz CT molecular complexity index is 510. The van der Waals surface area contributed by atoms with Gasteiger partial charge in [0.2, 0.25) is 11.8 Å². The van der Waals surface area contributed by atoms with E-state index in [9.17, 15) is 4.79 Å². The molecule has 1 atom stereocenters.